The second-order valence-corrected chi connectivity index (χ2v) is 7.25. The number of rotatable bonds is 4. The molecule has 0 N–H and O–H groups in total. The van der Waals surface area contributed by atoms with Crippen LogP contribution in [-0.4, -0.2) is 34.7 Å². The summed E-state index contributed by atoms with van der Waals surface area (Å²) >= 11 is 0. The monoisotopic (exact) mass is 255 g/mol. The van der Waals surface area contributed by atoms with E-state index in [1.807, 2.05) is 0 Å². The molecule has 2 unspecified atom stereocenters. The fourth-order valence-electron chi connectivity index (χ4n) is 3.56. The minimum Gasteiger partial charge on any atom is -0.374 e. The molecule has 108 valence electrons. The first-order valence-corrected chi connectivity index (χ1v) is 7.67. The third-order valence-corrected chi connectivity index (χ3v) is 3.80. The first kappa shape index (κ1) is 16.0. The zero-order valence-electron chi connectivity index (χ0n) is 13.5. The molecule has 18 heavy (non-hydrogen) atoms. The Kier molecular flexibility index (Phi) is 5.67. The van der Waals surface area contributed by atoms with E-state index in [0.717, 1.165) is 0 Å². The van der Waals surface area contributed by atoms with Crippen LogP contribution in [0.5, 0.6) is 0 Å². The lowest BCUT2D eigenvalue weighted by atomic mass is 9.87. The average Bonchev–Trinajstić information content (AvgIpc) is 2.17. The predicted octanol–water partition coefficient (Wildman–Crippen LogP) is 4.23. The molecule has 0 aromatic heterocycles. The quantitative estimate of drug-likeness (QED) is 0.745. The Balaban J connectivity index is 2.85. The number of hydrogen-bond donors (Lipinski definition) is 0. The van der Waals surface area contributed by atoms with E-state index < -0.39 is 0 Å². The molecule has 0 amide bonds. The fourth-order valence-corrected chi connectivity index (χ4v) is 3.56. The van der Waals surface area contributed by atoms with Gasteiger partial charge in [0.1, 0.15) is 0 Å². The molecule has 1 aliphatic rings. The van der Waals surface area contributed by atoms with Crippen molar-refractivity contribution in [3.63, 3.8) is 0 Å². The standard InChI is InChI=1S/C16H33NO/c1-12(2)17(16(5,6)7)14-10-8-9-11-15(14)18-13(3)4/h12-15H,8-11H2,1-7H3. The molecule has 0 aromatic carbocycles. The van der Waals surface area contributed by atoms with E-state index in [1.54, 1.807) is 0 Å². The van der Waals surface area contributed by atoms with Crippen LogP contribution in [0.2, 0.25) is 0 Å². The lowest BCUT2D eigenvalue weighted by Gasteiger charge is -2.49. The minimum atomic E-state index is 0.217. The third-order valence-electron chi connectivity index (χ3n) is 3.80. The van der Waals surface area contributed by atoms with E-state index in [9.17, 15) is 0 Å². The SMILES string of the molecule is CC(C)OC1CCCCC1N(C(C)C)C(C)(C)C. The van der Waals surface area contributed by atoms with E-state index in [0.29, 0.717) is 24.3 Å². The van der Waals surface area contributed by atoms with Gasteiger partial charge < -0.3 is 4.74 Å². The number of nitrogens with zero attached hydrogens (tertiary/aromatic N) is 1. The molecule has 0 saturated heterocycles. The van der Waals surface area contributed by atoms with Crippen LogP contribution in [0.1, 0.15) is 74.1 Å². The van der Waals surface area contributed by atoms with Gasteiger partial charge in [-0.3, -0.25) is 4.90 Å². The van der Waals surface area contributed by atoms with Gasteiger partial charge in [-0.1, -0.05) is 12.8 Å². The Hall–Kier alpha value is -0.0800. The normalized spacial score (nSPS) is 26.3. The van der Waals surface area contributed by atoms with E-state index in [1.165, 1.54) is 25.7 Å². The van der Waals surface area contributed by atoms with Gasteiger partial charge in [-0.05, 0) is 61.3 Å². The molecular weight excluding hydrogens is 222 g/mol. The largest absolute Gasteiger partial charge is 0.374 e. The van der Waals surface area contributed by atoms with Crippen molar-refractivity contribution in [2.75, 3.05) is 0 Å². The summed E-state index contributed by atoms with van der Waals surface area (Å²) in [4.78, 5) is 2.67. The van der Waals surface area contributed by atoms with Crippen molar-refractivity contribution < 1.29 is 4.74 Å². The highest BCUT2D eigenvalue weighted by atomic mass is 16.5. The molecule has 0 radical (unpaired) electrons. The van der Waals surface area contributed by atoms with Crippen molar-refractivity contribution in [1.29, 1.82) is 0 Å². The molecule has 2 nitrogen and oxygen atoms in total. The fraction of sp³-hybridized carbons (Fsp3) is 1.00. The molecular formula is C16H33NO. The van der Waals surface area contributed by atoms with Crippen LogP contribution >= 0.6 is 0 Å². The van der Waals surface area contributed by atoms with Crippen LogP contribution in [0.15, 0.2) is 0 Å². The minimum absolute atomic E-state index is 0.217. The summed E-state index contributed by atoms with van der Waals surface area (Å²) in [5.41, 5.74) is 0.217. The molecule has 0 bridgehead atoms. The van der Waals surface area contributed by atoms with Gasteiger partial charge in [0, 0.05) is 17.6 Å². The van der Waals surface area contributed by atoms with Gasteiger partial charge in [-0.2, -0.15) is 0 Å². The van der Waals surface area contributed by atoms with Gasteiger partial charge in [-0.15, -0.1) is 0 Å². The first-order chi connectivity index (χ1) is 8.23. The van der Waals surface area contributed by atoms with Crippen LogP contribution in [0.4, 0.5) is 0 Å². The summed E-state index contributed by atoms with van der Waals surface area (Å²) in [6, 6.07) is 1.16. The van der Waals surface area contributed by atoms with E-state index in [2.05, 4.69) is 53.4 Å². The summed E-state index contributed by atoms with van der Waals surface area (Å²) in [6.45, 7) is 15.9. The molecule has 2 atom stereocenters. The molecule has 0 heterocycles. The average molecular weight is 255 g/mol. The third kappa shape index (κ3) is 4.24. The summed E-state index contributed by atoms with van der Waals surface area (Å²) < 4.78 is 6.19. The second kappa shape index (κ2) is 6.38. The number of ether oxygens (including phenoxy) is 1. The van der Waals surface area contributed by atoms with Crippen LogP contribution < -0.4 is 0 Å². The zero-order valence-corrected chi connectivity index (χ0v) is 13.5. The van der Waals surface area contributed by atoms with Gasteiger partial charge >= 0.3 is 0 Å². The molecule has 1 aliphatic carbocycles. The summed E-state index contributed by atoms with van der Waals surface area (Å²) in [5, 5.41) is 0. The van der Waals surface area contributed by atoms with Crippen LogP contribution in [0, 0.1) is 0 Å². The van der Waals surface area contributed by atoms with Gasteiger partial charge in [0.25, 0.3) is 0 Å². The smallest absolute Gasteiger partial charge is 0.0734 e. The Bertz CT molecular complexity index is 242. The Morgan fingerprint density at radius 3 is 2.00 bits per heavy atom. The van der Waals surface area contributed by atoms with E-state index >= 15 is 0 Å². The molecule has 1 saturated carbocycles. The summed E-state index contributed by atoms with van der Waals surface area (Å²) in [5.74, 6) is 0. The van der Waals surface area contributed by atoms with Gasteiger partial charge in [0.05, 0.1) is 12.2 Å². The van der Waals surface area contributed by atoms with Gasteiger partial charge in [0.15, 0.2) is 0 Å². The molecule has 0 aliphatic heterocycles. The molecule has 2 heteroatoms. The van der Waals surface area contributed by atoms with E-state index in [4.69, 9.17) is 4.74 Å². The highest BCUT2D eigenvalue weighted by molar-refractivity contribution is 4.92. The van der Waals surface area contributed by atoms with Crippen molar-refractivity contribution >= 4 is 0 Å². The predicted molar refractivity (Wildman–Crippen MR) is 79.0 cm³/mol. The van der Waals surface area contributed by atoms with Crippen molar-refractivity contribution in [1.82, 2.24) is 4.90 Å². The Labute approximate surface area is 114 Å². The highest BCUT2D eigenvalue weighted by Crippen LogP contribution is 2.32. The second-order valence-electron chi connectivity index (χ2n) is 7.25. The Morgan fingerprint density at radius 2 is 1.56 bits per heavy atom. The zero-order chi connectivity index (χ0) is 13.9. The van der Waals surface area contributed by atoms with Crippen LogP contribution in [0.3, 0.4) is 0 Å². The van der Waals surface area contributed by atoms with Crippen molar-refractivity contribution in [3.8, 4) is 0 Å². The van der Waals surface area contributed by atoms with Crippen molar-refractivity contribution in [2.45, 2.75) is 104 Å². The maximum absolute atomic E-state index is 6.19. The summed E-state index contributed by atoms with van der Waals surface area (Å²) in [7, 11) is 0. The number of hydrogen-bond acceptors (Lipinski definition) is 2. The van der Waals surface area contributed by atoms with Gasteiger partial charge in [-0.25, -0.2) is 0 Å². The van der Waals surface area contributed by atoms with E-state index in [-0.39, 0.29) is 5.54 Å². The van der Waals surface area contributed by atoms with Crippen molar-refractivity contribution in [3.05, 3.63) is 0 Å². The summed E-state index contributed by atoms with van der Waals surface area (Å²) in [6.07, 6.45) is 5.94. The lowest BCUT2D eigenvalue weighted by Crippen LogP contribution is -2.57. The maximum atomic E-state index is 6.19. The first-order valence-electron chi connectivity index (χ1n) is 7.67. The Morgan fingerprint density at radius 1 is 1.00 bits per heavy atom. The van der Waals surface area contributed by atoms with Crippen molar-refractivity contribution in [2.24, 2.45) is 0 Å². The van der Waals surface area contributed by atoms with Gasteiger partial charge in [0.2, 0.25) is 0 Å². The molecule has 0 aromatic rings. The lowest BCUT2D eigenvalue weighted by molar-refractivity contribution is -0.0936. The molecule has 0 spiro atoms. The molecule has 1 rings (SSSR count). The molecule has 1 fully saturated rings. The van der Waals surface area contributed by atoms with Crippen LogP contribution in [0.25, 0.3) is 0 Å². The highest BCUT2D eigenvalue weighted by Gasteiger charge is 2.37. The topological polar surface area (TPSA) is 12.5 Å². The van der Waals surface area contributed by atoms with Crippen LogP contribution in [-0.2, 0) is 4.74 Å². The maximum Gasteiger partial charge on any atom is 0.0734 e.